The van der Waals surface area contributed by atoms with Crippen molar-refractivity contribution in [3.05, 3.63) is 46.8 Å². The molecule has 1 heterocycles. The second kappa shape index (κ2) is 6.76. The number of aromatic amines is 1. The normalized spacial score (nSPS) is 12.7. The lowest BCUT2D eigenvalue weighted by atomic mass is 10.1. The maximum absolute atomic E-state index is 5.75. The molecule has 2 N–H and O–H groups in total. The van der Waals surface area contributed by atoms with E-state index >= 15 is 0 Å². The Hall–Kier alpha value is -1.81. The number of benzene rings is 1. The number of H-pyrrole nitrogens is 1. The molecule has 0 radical (unpaired) electrons. The topological polar surface area (TPSA) is 49.9 Å². The number of aromatic nitrogens is 2. The van der Waals surface area contributed by atoms with Crippen molar-refractivity contribution in [3.8, 4) is 5.75 Å². The summed E-state index contributed by atoms with van der Waals surface area (Å²) in [6, 6.07) is 8.53. The van der Waals surface area contributed by atoms with Gasteiger partial charge in [-0.25, -0.2) is 0 Å². The van der Waals surface area contributed by atoms with E-state index in [1.165, 1.54) is 11.1 Å². The van der Waals surface area contributed by atoms with Gasteiger partial charge in [0.05, 0.1) is 11.8 Å². The average molecular weight is 287 g/mol. The van der Waals surface area contributed by atoms with Crippen LogP contribution in [0.1, 0.15) is 49.3 Å². The minimum absolute atomic E-state index is 0.194. The minimum Gasteiger partial charge on any atom is -0.491 e. The van der Waals surface area contributed by atoms with Crippen molar-refractivity contribution in [1.29, 1.82) is 0 Å². The fraction of sp³-hybridized carbons (Fsp3) is 0.471. The van der Waals surface area contributed by atoms with Crippen molar-refractivity contribution in [1.82, 2.24) is 15.5 Å². The van der Waals surface area contributed by atoms with E-state index in [9.17, 15) is 0 Å². The Bertz CT molecular complexity index is 570. The van der Waals surface area contributed by atoms with Crippen LogP contribution in [0.25, 0.3) is 0 Å². The van der Waals surface area contributed by atoms with Crippen molar-refractivity contribution >= 4 is 0 Å². The Morgan fingerprint density at radius 2 is 2.00 bits per heavy atom. The second-order valence-electron chi connectivity index (χ2n) is 5.75. The number of rotatable bonds is 6. The van der Waals surface area contributed by atoms with E-state index in [0.717, 1.165) is 23.7 Å². The molecule has 4 heteroatoms. The summed E-state index contributed by atoms with van der Waals surface area (Å²) in [5, 5.41) is 10.8. The number of hydrogen-bond acceptors (Lipinski definition) is 3. The molecule has 0 bridgehead atoms. The van der Waals surface area contributed by atoms with Crippen LogP contribution in [-0.2, 0) is 6.54 Å². The highest BCUT2D eigenvalue weighted by atomic mass is 16.5. The SMILES string of the molecule is Cc1n[nH]c(C)c1CNC(C)c1cccc(OC(C)C)c1. The van der Waals surface area contributed by atoms with Gasteiger partial charge in [-0.1, -0.05) is 12.1 Å². The van der Waals surface area contributed by atoms with Crippen LogP contribution < -0.4 is 10.1 Å². The van der Waals surface area contributed by atoms with Gasteiger partial charge < -0.3 is 10.1 Å². The van der Waals surface area contributed by atoms with Gasteiger partial charge in [-0.15, -0.1) is 0 Å². The zero-order valence-electron chi connectivity index (χ0n) is 13.5. The van der Waals surface area contributed by atoms with Gasteiger partial charge in [0.25, 0.3) is 0 Å². The van der Waals surface area contributed by atoms with E-state index in [-0.39, 0.29) is 12.1 Å². The number of nitrogens with one attached hydrogen (secondary N) is 2. The lowest BCUT2D eigenvalue weighted by molar-refractivity contribution is 0.242. The molecule has 1 unspecified atom stereocenters. The highest BCUT2D eigenvalue weighted by Gasteiger charge is 2.10. The maximum Gasteiger partial charge on any atom is 0.120 e. The van der Waals surface area contributed by atoms with E-state index in [2.05, 4.69) is 41.5 Å². The van der Waals surface area contributed by atoms with Crippen molar-refractivity contribution in [2.75, 3.05) is 0 Å². The van der Waals surface area contributed by atoms with Crippen LogP contribution in [-0.4, -0.2) is 16.3 Å². The number of hydrogen-bond donors (Lipinski definition) is 2. The molecule has 1 atom stereocenters. The third-order valence-corrected chi connectivity index (χ3v) is 3.60. The summed E-state index contributed by atoms with van der Waals surface area (Å²) in [5.74, 6) is 0.923. The molecule has 1 aromatic heterocycles. The van der Waals surface area contributed by atoms with Crippen molar-refractivity contribution in [2.24, 2.45) is 0 Å². The Labute approximate surface area is 126 Å². The predicted molar refractivity (Wildman–Crippen MR) is 85.5 cm³/mol. The van der Waals surface area contributed by atoms with Gasteiger partial charge in [-0.05, 0) is 52.3 Å². The summed E-state index contributed by atoms with van der Waals surface area (Å²) < 4.78 is 5.75. The standard InChI is InChI=1S/C17H25N3O/c1-11(2)21-16-8-6-7-15(9-16)12(3)18-10-17-13(4)19-20-14(17)5/h6-9,11-12,18H,10H2,1-5H3,(H,19,20). The summed E-state index contributed by atoms with van der Waals surface area (Å²) in [6.45, 7) is 11.1. The lowest BCUT2D eigenvalue weighted by Crippen LogP contribution is -2.19. The molecule has 0 spiro atoms. The third-order valence-electron chi connectivity index (χ3n) is 3.60. The van der Waals surface area contributed by atoms with Crippen LogP contribution in [0.15, 0.2) is 24.3 Å². The molecule has 0 saturated carbocycles. The predicted octanol–water partition coefficient (Wildman–Crippen LogP) is 3.66. The molecule has 0 aliphatic carbocycles. The number of aryl methyl sites for hydroxylation is 2. The third kappa shape index (κ3) is 4.08. The fourth-order valence-electron chi connectivity index (χ4n) is 2.34. The van der Waals surface area contributed by atoms with Gasteiger partial charge in [0.1, 0.15) is 5.75 Å². The van der Waals surface area contributed by atoms with Gasteiger partial charge >= 0.3 is 0 Å². The first-order valence-electron chi connectivity index (χ1n) is 7.47. The van der Waals surface area contributed by atoms with Crippen LogP contribution in [0.5, 0.6) is 5.75 Å². The largest absolute Gasteiger partial charge is 0.491 e. The smallest absolute Gasteiger partial charge is 0.120 e. The Kier molecular flexibility index (Phi) is 5.02. The zero-order valence-corrected chi connectivity index (χ0v) is 13.5. The molecule has 114 valence electrons. The molecule has 0 fully saturated rings. The van der Waals surface area contributed by atoms with Crippen molar-refractivity contribution in [2.45, 2.75) is 53.3 Å². The Morgan fingerprint density at radius 1 is 1.24 bits per heavy atom. The lowest BCUT2D eigenvalue weighted by Gasteiger charge is -2.16. The van der Waals surface area contributed by atoms with E-state index in [1.54, 1.807) is 0 Å². The zero-order chi connectivity index (χ0) is 15.4. The molecule has 0 aliphatic heterocycles. The van der Waals surface area contributed by atoms with E-state index in [0.29, 0.717) is 0 Å². The molecule has 2 rings (SSSR count). The van der Waals surface area contributed by atoms with Crippen LogP contribution >= 0.6 is 0 Å². The van der Waals surface area contributed by atoms with Crippen LogP contribution in [0.3, 0.4) is 0 Å². The van der Waals surface area contributed by atoms with Crippen molar-refractivity contribution < 1.29 is 4.74 Å². The van der Waals surface area contributed by atoms with Crippen molar-refractivity contribution in [3.63, 3.8) is 0 Å². The molecular weight excluding hydrogens is 262 g/mol. The summed E-state index contributed by atoms with van der Waals surface area (Å²) in [4.78, 5) is 0. The van der Waals surface area contributed by atoms with E-state index < -0.39 is 0 Å². The van der Waals surface area contributed by atoms with Crippen LogP contribution in [0.2, 0.25) is 0 Å². The average Bonchev–Trinajstić information content (AvgIpc) is 2.75. The highest BCUT2D eigenvalue weighted by Crippen LogP contribution is 2.21. The molecule has 0 aliphatic rings. The molecule has 0 amide bonds. The molecule has 2 aromatic rings. The molecule has 4 nitrogen and oxygen atoms in total. The summed E-state index contributed by atoms with van der Waals surface area (Å²) in [6.07, 6.45) is 0.194. The number of ether oxygens (including phenoxy) is 1. The van der Waals surface area contributed by atoms with E-state index in [4.69, 9.17) is 4.74 Å². The molecule has 0 saturated heterocycles. The first kappa shape index (κ1) is 15.6. The maximum atomic E-state index is 5.75. The summed E-state index contributed by atoms with van der Waals surface area (Å²) >= 11 is 0. The van der Waals surface area contributed by atoms with Gasteiger partial charge in [-0.3, -0.25) is 5.10 Å². The Morgan fingerprint density at radius 3 is 2.62 bits per heavy atom. The highest BCUT2D eigenvalue weighted by molar-refractivity contribution is 5.31. The van der Waals surface area contributed by atoms with Gasteiger partial charge in [0.15, 0.2) is 0 Å². The Balaban J connectivity index is 2.01. The van der Waals surface area contributed by atoms with Crippen LogP contribution in [0.4, 0.5) is 0 Å². The van der Waals surface area contributed by atoms with Gasteiger partial charge in [0.2, 0.25) is 0 Å². The fourth-order valence-corrected chi connectivity index (χ4v) is 2.34. The molecular formula is C17H25N3O. The van der Waals surface area contributed by atoms with Gasteiger partial charge in [-0.2, -0.15) is 5.10 Å². The molecule has 21 heavy (non-hydrogen) atoms. The first-order chi connectivity index (χ1) is 9.97. The first-order valence-corrected chi connectivity index (χ1v) is 7.47. The van der Waals surface area contributed by atoms with Gasteiger partial charge in [0, 0.05) is 23.8 Å². The van der Waals surface area contributed by atoms with Crippen LogP contribution in [0, 0.1) is 13.8 Å². The number of nitrogens with zero attached hydrogens (tertiary/aromatic N) is 1. The minimum atomic E-state index is 0.194. The molecule has 1 aromatic carbocycles. The summed E-state index contributed by atoms with van der Waals surface area (Å²) in [7, 11) is 0. The summed E-state index contributed by atoms with van der Waals surface area (Å²) in [5.41, 5.74) is 4.66. The second-order valence-corrected chi connectivity index (χ2v) is 5.75. The van der Waals surface area contributed by atoms with E-state index in [1.807, 2.05) is 32.9 Å². The monoisotopic (exact) mass is 287 g/mol. The quantitative estimate of drug-likeness (QED) is 0.852.